The number of carbonyl (C=O) groups is 2. The first kappa shape index (κ1) is 24.6. The van der Waals surface area contributed by atoms with Crippen LogP contribution in [0.4, 0.5) is 22.2 Å². The quantitative estimate of drug-likeness (QED) is 0.530. The first-order chi connectivity index (χ1) is 18.4. The number of carboxylic acid groups (broad SMARTS) is 1. The van der Waals surface area contributed by atoms with E-state index in [9.17, 15) is 14.7 Å². The Kier molecular flexibility index (Phi) is 6.15. The van der Waals surface area contributed by atoms with E-state index in [1.54, 1.807) is 19.4 Å². The second-order valence-corrected chi connectivity index (χ2v) is 10.5. The van der Waals surface area contributed by atoms with Crippen LogP contribution in [0.1, 0.15) is 36.2 Å². The highest BCUT2D eigenvalue weighted by atomic mass is 16.5. The zero-order valence-corrected chi connectivity index (χ0v) is 21.6. The van der Waals surface area contributed by atoms with Crippen LogP contribution in [-0.4, -0.2) is 99.4 Å². The number of hydrogen-bond acceptors (Lipinski definition) is 9. The van der Waals surface area contributed by atoms with Gasteiger partial charge in [0.25, 0.3) is 5.91 Å². The van der Waals surface area contributed by atoms with Gasteiger partial charge in [-0.2, -0.15) is 4.98 Å². The van der Waals surface area contributed by atoms with E-state index in [2.05, 4.69) is 32.1 Å². The van der Waals surface area contributed by atoms with Gasteiger partial charge in [0.2, 0.25) is 5.95 Å². The van der Waals surface area contributed by atoms with Crippen LogP contribution in [0.25, 0.3) is 11.0 Å². The topological polar surface area (TPSA) is 129 Å². The zero-order valence-electron chi connectivity index (χ0n) is 21.6. The number of piperazine rings is 1. The second kappa shape index (κ2) is 9.52. The highest BCUT2D eigenvalue weighted by Crippen LogP contribution is 2.43. The summed E-state index contributed by atoms with van der Waals surface area (Å²) in [5.74, 6) is 0.453. The number of pyridine rings is 1. The Labute approximate surface area is 220 Å². The smallest absolute Gasteiger partial charge is 0.414 e. The van der Waals surface area contributed by atoms with Crippen LogP contribution < -0.4 is 10.2 Å². The minimum absolute atomic E-state index is 0.0937. The summed E-state index contributed by atoms with van der Waals surface area (Å²) in [5.41, 5.74) is 1.44. The lowest BCUT2D eigenvalue weighted by molar-refractivity contribution is 0.0100. The summed E-state index contributed by atoms with van der Waals surface area (Å²) in [5, 5.41) is 13.7. The summed E-state index contributed by atoms with van der Waals surface area (Å²) < 4.78 is 7.51. The molecule has 12 heteroatoms. The Morgan fingerprint density at radius 1 is 1.13 bits per heavy atom. The maximum absolute atomic E-state index is 13.1. The lowest BCUT2D eigenvalue weighted by Crippen LogP contribution is -2.56. The molecule has 2 N–H and O–H groups in total. The lowest BCUT2D eigenvalue weighted by atomic mass is 9.78. The average molecular weight is 521 g/mol. The predicted octanol–water partition coefficient (Wildman–Crippen LogP) is 2.74. The number of nitrogens with one attached hydrogen (secondary N) is 1. The van der Waals surface area contributed by atoms with Crippen molar-refractivity contribution < 1.29 is 19.4 Å². The molecular weight excluding hydrogens is 488 g/mol. The Morgan fingerprint density at radius 3 is 2.55 bits per heavy atom. The Bertz CT molecular complexity index is 1360. The van der Waals surface area contributed by atoms with Crippen molar-refractivity contribution in [2.45, 2.75) is 37.3 Å². The molecule has 0 unspecified atom stereocenters. The summed E-state index contributed by atoms with van der Waals surface area (Å²) in [6, 6.07) is 5.65. The van der Waals surface area contributed by atoms with Crippen LogP contribution in [0.2, 0.25) is 0 Å². The molecule has 200 valence electrons. The molecule has 5 heterocycles. The van der Waals surface area contributed by atoms with Crippen molar-refractivity contribution in [3.63, 3.8) is 0 Å². The molecule has 0 aromatic carbocycles. The third-order valence-corrected chi connectivity index (χ3v) is 8.22. The first-order valence-electron chi connectivity index (χ1n) is 13.0. The fourth-order valence-corrected chi connectivity index (χ4v) is 5.99. The van der Waals surface area contributed by atoms with Gasteiger partial charge in [-0.1, -0.05) is 0 Å². The number of carbonyl (C=O) groups excluding carboxylic acids is 1. The lowest BCUT2D eigenvalue weighted by Gasteiger charge is -2.46. The average Bonchev–Trinajstić information content (AvgIpc) is 3.32. The largest absolute Gasteiger partial charge is 0.465 e. The number of anilines is 3. The molecule has 3 aliphatic rings. The Morgan fingerprint density at radius 2 is 1.89 bits per heavy atom. The van der Waals surface area contributed by atoms with Crippen LogP contribution in [0.5, 0.6) is 0 Å². The third kappa shape index (κ3) is 4.23. The number of amides is 2. The summed E-state index contributed by atoms with van der Waals surface area (Å²) in [4.78, 5) is 44.5. The van der Waals surface area contributed by atoms with Gasteiger partial charge in [-0.3, -0.25) is 4.79 Å². The minimum atomic E-state index is -1.24. The van der Waals surface area contributed by atoms with Crippen LogP contribution in [0.3, 0.4) is 0 Å². The van der Waals surface area contributed by atoms with Crippen molar-refractivity contribution >= 4 is 40.5 Å². The number of fused-ring (bicyclic) bond motifs is 4. The number of likely N-dealkylation sites (N-methyl/N-ethyl adjacent to an activating group) is 1. The molecule has 1 aliphatic carbocycles. The van der Waals surface area contributed by atoms with Gasteiger partial charge < -0.3 is 29.5 Å². The summed E-state index contributed by atoms with van der Waals surface area (Å²) in [7, 11) is 3.83. The second-order valence-electron chi connectivity index (χ2n) is 10.5. The van der Waals surface area contributed by atoms with Crippen LogP contribution in [0.15, 0.2) is 30.6 Å². The number of aromatic nitrogens is 4. The Hall–Kier alpha value is -3.77. The SMILES string of the molecule is CO[C@H]1CC[C@@]2(CC1)CN(C(=O)O)C(=O)c1cc3cnc(Nc4ccc(N5CCN(C)CC5)cn4)nc3n12. The van der Waals surface area contributed by atoms with Gasteiger partial charge >= 0.3 is 6.09 Å². The summed E-state index contributed by atoms with van der Waals surface area (Å²) in [6.07, 6.45) is 5.32. The number of ether oxygens (including phenoxy) is 1. The monoisotopic (exact) mass is 520 g/mol. The van der Waals surface area contributed by atoms with Crippen molar-refractivity contribution in [1.29, 1.82) is 0 Å². The fourth-order valence-electron chi connectivity index (χ4n) is 5.99. The molecule has 3 aromatic heterocycles. The molecule has 2 fully saturated rings. The van der Waals surface area contributed by atoms with Crippen molar-refractivity contribution in [3.05, 3.63) is 36.3 Å². The third-order valence-electron chi connectivity index (χ3n) is 8.22. The van der Waals surface area contributed by atoms with Crippen LogP contribution in [-0.2, 0) is 10.3 Å². The van der Waals surface area contributed by atoms with Gasteiger partial charge in [-0.15, -0.1) is 0 Å². The molecule has 2 aliphatic heterocycles. The zero-order chi connectivity index (χ0) is 26.4. The van der Waals surface area contributed by atoms with E-state index in [1.807, 2.05) is 22.9 Å². The molecule has 3 aromatic rings. The molecule has 38 heavy (non-hydrogen) atoms. The normalized spacial score (nSPS) is 24.2. The van der Waals surface area contributed by atoms with E-state index in [-0.39, 0.29) is 12.6 Å². The van der Waals surface area contributed by atoms with Gasteiger partial charge in [0.05, 0.1) is 30.1 Å². The molecule has 0 radical (unpaired) electrons. The van der Waals surface area contributed by atoms with Gasteiger partial charge in [-0.05, 0) is 50.9 Å². The minimum Gasteiger partial charge on any atom is -0.465 e. The van der Waals surface area contributed by atoms with E-state index in [0.29, 0.717) is 41.3 Å². The fraction of sp³-hybridized carbons (Fsp3) is 0.500. The molecule has 6 rings (SSSR count). The van der Waals surface area contributed by atoms with E-state index in [4.69, 9.17) is 9.72 Å². The molecule has 2 amide bonds. The number of methoxy groups -OCH3 is 1. The molecular formula is C26H32N8O4. The van der Waals surface area contributed by atoms with E-state index < -0.39 is 17.5 Å². The van der Waals surface area contributed by atoms with Crippen molar-refractivity contribution in [3.8, 4) is 0 Å². The van der Waals surface area contributed by atoms with Crippen molar-refractivity contribution in [2.24, 2.45) is 0 Å². The van der Waals surface area contributed by atoms with Gasteiger partial charge in [0.15, 0.2) is 0 Å². The van der Waals surface area contributed by atoms with Crippen molar-refractivity contribution in [2.75, 3.05) is 57.1 Å². The first-order valence-corrected chi connectivity index (χ1v) is 13.0. The highest BCUT2D eigenvalue weighted by molar-refractivity contribution is 6.05. The van der Waals surface area contributed by atoms with Gasteiger partial charge in [-0.25, -0.2) is 19.7 Å². The van der Waals surface area contributed by atoms with Crippen LogP contribution >= 0.6 is 0 Å². The molecule has 1 saturated heterocycles. The molecule has 0 bridgehead atoms. The molecule has 1 spiro atoms. The van der Waals surface area contributed by atoms with Gasteiger partial charge in [0.1, 0.15) is 17.2 Å². The molecule has 12 nitrogen and oxygen atoms in total. The summed E-state index contributed by atoms with van der Waals surface area (Å²) in [6.45, 7) is 4.08. The number of imide groups is 1. The highest BCUT2D eigenvalue weighted by Gasteiger charge is 2.48. The number of hydrogen-bond donors (Lipinski definition) is 2. The maximum atomic E-state index is 13.1. The number of rotatable bonds is 4. The standard InChI is InChI=1S/C26H32N8O4/c1-31-9-11-32(12-10-31)18-3-4-21(27-15-18)29-24-28-14-17-13-20-23(35)33(25(36)37)16-26(34(20)22(17)30-24)7-5-19(38-2)6-8-26/h3-4,13-15,19H,5-12,16H2,1-2H3,(H,36,37)(H,27,28,29,30)/t19-,26+. The predicted molar refractivity (Wildman–Crippen MR) is 141 cm³/mol. The van der Waals surface area contributed by atoms with Gasteiger partial charge in [0, 0.05) is 44.9 Å². The molecule has 0 atom stereocenters. The summed E-state index contributed by atoms with van der Waals surface area (Å²) >= 11 is 0. The van der Waals surface area contributed by atoms with E-state index in [0.717, 1.165) is 49.6 Å². The van der Waals surface area contributed by atoms with Crippen LogP contribution in [0, 0.1) is 0 Å². The van der Waals surface area contributed by atoms with E-state index in [1.165, 1.54) is 0 Å². The van der Waals surface area contributed by atoms with E-state index >= 15 is 0 Å². The number of nitrogens with zero attached hydrogens (tertiary/aromatic N) is 7. The maximum Gasteiger partial charge on any atom is 0.414 e. The Balaban J connectivity index is 1.31. The van der Waals surface area contributed by atoms with Crippen molar-refractivity contribution in [1.82, 2.24) is 29.3 Å². The molecule has 1 saturated carbocycles.